The molecule has 1 fully saturated rings. The number of urea groups is 2. The van der Waals surface area contributed by atoms with Gasteiger partial charge in [-0.15, -0.1) is 0 Å². The van der Waals surface area contributed by atoms with Crippen LogP contribution in [0.25, 0.3) is 0 Å². The molecule has 0 aliphatic carbocycles. The van der Waals surface area contributed by atoms with Crippen molar-refractivity contribution >= 4 is 58.5 Å². The standard InChI is InChI=1S/C23H17ClF3N5O3S/c24-15-1-3-16(4-2-15)29-21(34)30-19-11-14(9-10-28-19)12-31-13-20(33)32(22(31)35)17-5-7-18(8-6-17)36-23(25,26)27/h1-11H,12-13H2,(H2,28,29,30,34). The van der Waals surface area contributed by atoms with Crippen LogP contribution in [0.5, 0.6) is 0 Å². The van der Waals surface area contributed by atoms with Crippen LogP contribution in [0.2, 0.25) is 5.02 Å². The molecule has 2 N–H and O–H groups in total. The van der Waals surface area contributed by atoms with Crippen molar-refractivity contribution in [3.05, 3.63) is 77.4 Å². The number of halogens is 4. The van der Waals surface area contributed by atoms with Crippen LogP contribution in [-0.2, 0) is 11.3 Å². The average molecular weight is 536 g/mol. The van der Waals surface area contributed by atoms with E-state index in [1.54, 1.807) is 36.4 Å². The summed E-state index contributed by atoms with van der Waals surface area (Å²) in [5, 5.41) is 5.75. The Morgan fingerprint density at radius 1 is 1.03 bits per heavy atom. The van der Waals surface area contributed by atoms with Gasteiger partial charge in [0, 0.05) is 28.3 Å². The van der Waals surface area contributed by atoms with Crippen molar-refractivity contribution in [2.75, 3.05) is 22.1 Å². The molecule has 0 spiro atoms. The summed E-state index contributed by atoms with van der Waals surface area (Å²) in [6.45, 7) is -0.154. The van der Waals surface area contributed by atoms with E-state index in [1.165, 1.54) is 35.4 Å². The quantitative estimate of drug-likeness (QED) is 0.300. The third kappa shape index (κ3) is 6.46. The van der Waals surface area contributed by atoms with Crippen LogP contribution in [0.15, 0.2) is 71.8 Å². The molecule has 8 nitrogen and oxygen atoms in total. The maximum absolute atomic E-state index is 12.9. The molecule has 1 aliphatic heterocycles. The second kappa shape index (κ2) is 10.5. The maximum Gasteiger partial charge on any atom is 0.446 e. The van der Waals surface area contributed by atoms with Crippen molar-refractivity contribution in [2.24, 2.45) is 0 Å². The van der Waals surface area contributed by atoms with E-state index in [-0.39, 0.29) is 41.3 Å². The molecule has 2 aromatic carbocycles. The Balaban J connectivity index is 1.39. The van der Waals surface area contributed by atoms with E-state index in [9.17, 15) is 27.6 Å². The van der Waals surface area contributed by atoms with E-state index >= 15 is 0 Å². The minimum atomic E-state index is -4.44. The number of carbonyl (C=O) groups is 3. The number of nitrogens with one attached hydrogen (secondary N) is 2. The van der Waals surface area contributed by atoms with E-state index in [0.29, 0.717) is 16.3 Å². The van der Waals surface area contributed by atoms with Crippen LogP contribution < -0.4 is 15.5 Å². The molecule has 0 atom stereocenters. The van der Waals surface area contributed by atoms with Crippen LogP contribution in [0.4, 0.5) is 40.0 Å². The van der Waals surface area contributed by atoms with E-state index in [2.05, 4.69) is 15.6 Å². The molecule has 0 unspecified atom stereocenters. The van der Waals surface area contributed by atoms with Crippen molar-refractivity contribution < 1.29 is 27.6 Å². The molecular formula is C23H17ClF3N5O3S. The second-order valence-electron chi connectivity index (χ2n) is 7.54. The first-order chi connectivity index (χ1) is 17.1. The van der Waals surface area contributed by atoms with Crippen molar-refractivity contribution in [3.63, 3.8) is 0 Å². The molecule has 4 rings (SSSR count). The Morgan fingerprint density at radius 3 is 2.39 bits per heavy atom. The topological polar surface area (TPSA) is 94.6 Å². The minimum absolute atomic E-state index is 0.0546. The number of thioether (sulfide) groups is 1. The zero-order valence-corrected chi connectivity index (χ0v) is 19.8. The Bertz CT molecular complexity index is 1290. The Kier molecular flexibility index (Phi) is 7.36. The van der Waals surface area contributed by atoms with Gasteiger partial charge in [0.25, 0.3) is 5.91 Å². The predicted molar refractivity (Wildman–Crippen MR) is 130 cm³/mol. The molecular weight excluding hydrogens is 519 g/mol. The number of imide groups is 1. The summed E-state index contributed by atoms with van der Waals surface area (Å²) in [5.74, 6) is -0.280. The number of hydrogen-bond donors (Lipinski definition) is 2. The molecule has 2 heterocycles. The Labute approximate surface area is 212 Å². The van der Waals surface area contributed by atoms with Crippen LogP contribution in [-0.4, -0.2) is 39.9 Å². The molecule has 0 radical (unpaired) electrons. The molecule has 1 saturated heterocycles. The lowest BCUT2D eigenvalue weighted by Crippen LogP contribution is -2.32. The monoisotopic (exact) mass is 535 g/mol. The number of pyridine rings is 1. The highest BCUT2D eigenvalue weighted by atomic mass is 35.5. The van der Waals surface area contributed by atoms with Gasteiger partial charge in [-0.25, -0.2) is 19.5 Å². The number of anilines is 3. The summed E-state index contributed by atoms with van der Waals surface area (Å²) in [4.78, 5) is 43.8. The molecule has 3 aromatic rings. The predicted octanol–water partition coefficient (Wildman–Crippen LogP) is 5.96. The van der Waals surface area contributed by atoms with Gasteiger partial charge in [-0.2, -0.15) is 13.2 Å². The SMILES string of the molecule is O=C(Nc1ccc(Cl)cc1)Nc1cc(CN2CC(=O)N(c3ccc(SC(F)(F)F)cc3)C2=O)ccn1. The van der Waals surface area contributed by atoms with Crippen molar-refractivity contribution in [1.29, 1.82) is 0 Å². The molecule has 13 heteroatoms. The first-order valence-electron chi connectivity index (χ1n) is 10.3. The second-order valence-corrected chi connectivity index (χ2v) is 9.12. The largest absolute Gasteiger partial charge is 0.446 e. The highest BCUT2D eigenvalue weighted by Crippen LogP contribution is 2.37. The molecule has 36 heavy (non-hydrogen) atoms. The zero-order chi connectivity index (χ0) is 25.9. The fourth-order valence-electron chi connectivity index (χ4n) is 3.40. The van der Waals surface area contributed by atoms with E-state index in [0.717, 1.165) is 4.90 Å². The smallest absolute Gasteiger partial charge is 0.310 e. The van der Waals surface area contributed by atoms with Crippen LogP contribution >= 0.6 is 23.4 Å². The normalized spacial score (nSPS) is 13.8. The molecule has 1 aromatic heterocycles. The number of alkyl halides is 3. The lowest BCUT2D eigenvalue weighted by Gasteiger charge is -2.18. The van der Waals surface area contributed by atoms with Gasteiger partial charge in [0.1, 0.15) is 12.4 Å². The summed E-state index contributed by atoms with van der Waals surface area (Å²) in [5.41, 5.74) is -3.13. The Hall–Kier alpha value is -3.77. The van der Waals surface area contributed by atoms with Gasteiger partial charge in [0.2, 0.25) is 0 Å². The summed E-state index contributed by atoms with van der Waals surface area (Å²) < 4.78 is 37.6. The van der Waals surface area contributed by atoms with Gasteiger partial charge < -0.3 is 10.2 Å². The molecule has 186 valence electrons. The highest BCUT2D eigenvalue weighted by molar-refractivity contribution is 8.00. The number of aromatic nitrogens is 1. The number of amides is 5. The summed E-state index contributed by atoms with van der Waals surface area (Å²) >= 11 is 5.54. The molecule has 0 bridgehead atoms. The number of benzene rings is 2. The lowest BCUT2D eigenvalue weighted by molar-refractivity contribution is -0.116. The van der Waals surface area contributed by atoms with Crippen LogP contribution in [0, 0.1) is 0 Å². The number of carbonyl (C=O) groups excluding carboxylic acids is 3. The van der Waals surface area contributed by atoms with Gasteiger partial charge in [-0.3, -0.25) is 10.1 Å². The first-order valence-corrected chi connectivity index (χ1v) is 11.5. The van der Waals surface area contributed by atoms with Crippen molar-refractivity contribution in [2.45, 2.75) is 16.9 Å². The van der Waals surface area contributed by atoms with Crippen LogP contribution in [0.3, 0.4) is 0 Å². The maximum atomic E-state index is 12.9. The molecule has 5 amide bonds. The van der Waals surface area contributed by atoms with Gasteiger partial charge in [0.05, 0.1) is 5.69 Å². The zero-order valence-electron chi connectivity index (χ0n) is 18.3. The number of nitrogens with zero attached hydrogens (tertiary/aromatic N) is 3. The van der Waals surface area contributed by atoms with Crippen LogP contribution in [0.1, 0.15) is 5.56 Å². The fourth-order valence-corrected chi connectivity index (χ4v) is 4.06. The first kappa shape index (κ1) is 25.3. The average Bonchev–Trinajstić information content (AvgIpc) is 3.08. The van der Waals surface area contributed by atoms with Gasteiger partial charge in [-0.1, -0.05) is 11.6 Å². The third-order valence-corrected chi connectivity index (χ3v) is 5.90. The fraction of sp³-hybridized carbons (Fsp3) is 0.130. The molecule has 1 aliphatic rings. The summed E-state index contributed by atoms with van der Waals surface area (Å²) in [6, 6.07) is 13.6. The lowest BCUT2D eigenvalue weighted by atomic mass is 10.2. The number of rotatable bonds is 6. The minimum Gasteiger partial charge on any atom is -0.310 e. The van der Waals surface area contributed by atoms with E-state index in [1.807, 2.05) is 0 Å². The summed E-state index contributed by atoms with van der Waals surface area (Å²) in [7, 11) is 0. The van der Waals surface area contributed by atoms with Crippen molar-refractivity contribution in [3.8, 4) is 0 Å². The van der Waals surface area contributed by atoms with E-state index < -0.39 is 23.5 Å². The highest BCUT2D eigenvalue weighted by Gasteiger charge is 2.37. The third-order valence-electron chi connectivity index (χ3n) is 4.91. The van der Waals surface area contributed by atoms with Gasteiger partial charge in [0.15, 0.2) is 0 Å². The van der Waals surface area contributed by atoms with Gasteiger partial charge in [-0.05, 0) is 78.0 Å². The number of hydrogen-bond acceptors (Lipinski definition) is 5. The van der Waals surface area contributed by atoms with Crippen molar-refractivity contribution in [1.82, 2.24) is 9.88 Å². The van der Waals surface area contributed by atoms with E-state index in [4.69, 9.17) is 11.6 Å². The summed E-state index contributed by atoms with van der Waals surface area (Å²) in [6.07, 6.45) is 1.45. The Morgan fingerprint density at radius 2 is 1.72 bits per heavy atom. The molecule has 0 saturated carbocycles. The van der Waals surface area contributed by atoms with Gasteiger partial charge >= 0.3 is 17.6 Å².